The summed E-state index contributed by atoms with van der Waals surface area (Å²) in [4.78, 5) is 2.45. The number of ether oxygens (including phenoxy) is 1. The molecule has 5 rings (SSSR count). The van der Waals surface area contributed by atoms with Crippen molar-refractivity contribution in [1.82, 2.24) is 0 Å². The Morgan fingerprint density at radius 1 is 0.967 bits per heavy atom. The maximum Gasteiger partial charge on any atom is 0.0642 e. The first kappa shape index (κ1) is 19.9. The third-order valence-electron chi connectivity index (χ3n) is 7.59. The largest absolute Gasteiger partial charge is 0.378 e. The molecule has 2 unspecified atom stereocenters. The third kappa shape index (κ3) is 3.71. The zero-order valence-corrected chi connectivity index (χ0v) is 18.4. The number of nitrogens with zero attached hydrogens (tertiary/aromatic N) is 1. The standard InChI is InChI=1S/C28H35NO/c1-2-3-4-5-8-22-15-16-28(21-27(28)26-10-7-6-9-25(22)26)23-11-13-24(14-12-23)29-17-19-30-20-18-29/h6-7,9-15,27H,2-5,8,16-21H2,1H3. The average molecular weight is 402 g/mol. The van der Waals surface area contributed by atoms with E-state index >= 15 is 0 Å². The van der Waals surface area contributed by atoms with E-state index in [2.05, 4.69) is 66.4 Å². The average Bonchev–Trinajstić information content (AvgIpc) is 3.56. The van der Waals surface area contributed by atoms with Crippen LogP contribution in [-0.4, -0.2) is 26.3 Å². The van der Waals surface area contributed by atoms with Gasteiger partial charge in [0.25, 0.3) is 0 Å². The van der Waals surface area contributed by atoms with Crippen molar-refractivity contribution in [2.45, 2.75) is 63.2 Å². The van der Waals surface area contributed by atoms with E-state index in [9.17, 15) is 0 Å². The van der Waals surface area contributed by atoms with Crippen molar-refractivity contribution in [3.63, 3.8) is 0 Å². The summed E-state index contributed by atoms with van der Waals surface area (Å²) in [6.07, 6.45) is 11.6. The second-order valence-corrected chi connectivity index (χ2v) is 9.39. The van der Waals surface area contributed by atoms with Gasteiger partial charge in [0.15, 0.2) is 0 Å². The minimum atomic E-state index is 0.310. The van der Waals surface area contributed by atoms with Crippen LogP contribution in [-0.2, 0) is 10.2 Å². The molecule has 2 aliphatic carbocycles. The van der Waals surface area contributed by atoms with Crippen molar-refractivity contribution in [2.75, 3.05) is 31.2 Å². The molecule has 2 aromatic rings. The molecule has 2 fully saturated rings. The molecule has 2 heteroatoms. The Balaban J connectivity index is 1.38. The molecule has 1 saturated heterocycles. The van der Waals surface area contributed by atoms with Crippen molar-refractivity contribution in [2.24, 2.45) is 0 Å². The number of morpholine rings is 1. The molecule has 1 aliphatic heterocycles. The lowest BCUT2D eigenvalue weighted by molar-refractivity contribution is 0.122. The Labute approximate surface area is 181 Å². The predicted octanol–water partition coefficient (Wildman–Crippen LogP) is 6.71. The molecule has 0 N–H and O–H groups in total. The normalized spacial score (nSPS) is 25.2. The number of hydrogen-bond donors (Lipinski definition) is 0. The quantitative estimate of drug-likeness (QED) is 0.478. The molecular weight excluding hydrogens is 366 g/mol. The lowest BCUT2D eigenvalue weighted by Gasteiger charge is -2.29. The van der Waals surface area contributed by atoms with Gasteiger partial charge in [-0.2, -0.15) is 0 Å². The fourth-order valence-corrected chi connectivity index (χ4v) is 5.69. The van der Waals surface area contributed by atoms with Gasteiger partial charge in [-0.1, -0.05) is 68.7 Å². The molecule has 0 bridgehead atoms. The molecule has 30 heavy (non-hydrogen) atoms. The van der Waals surface area contributed by atoms with Crippen LogP contribution in [0.1, 0.15) is 74.5 Å². The van der Waals surface area contributed by atoms with Crippen molar-refractivity contribution >= 4 is 11.3 Å². The van der Waals surface area contributed by atoms with Gasteiger partial charge in [-0.05, 0) is 66.0 Å². The minimum Gasteiger partial charge on any atom is -0.378 e. The SMILES string of the molecule is CCCCCCC1=CCC2(c3ccc(N4CCOCC4)cc3)CC2c2ccccc21. The van der Waals surface area contributed by atoms with Gasteiger partial charge in [0, 0.05) is 24.2 Å². The van der Waals surface area contributed by atoms with Crippen molar-refractivity contribution < 1.29 is 4.74 Å². The highest BCUT2D eigenvalue weighted by Gasteiger charge is 2.56. The number of fused-ring (bicyclic) bond motifs is 3. The monoisotopic (exact) mass is 401 g/mol. The van der Waals surface area contributed by atoms with E-state index in [1.807, 2.05) is 0 Å². The first-order valence-corrected chi connectivity index (χ1v) is 12.0. The first-order chi connectivity index (χ1) is 14.8. The van der Waals surface area contributed by atoms with Crippen molar-refractivity contribution in [1.29, 1.82) is 0 Å². The van der Waals surface area contributed by atoms with Gasteiger partial charge in [-0.3, -0.25) is 0 Å². The van der Waals surface area contributed by atoms with Crippen LogP contribution in [0.25, 0.3) is 5.57 Å². The predicted molar refractivity (Wildman–Crippen MR) is 126 cm³/mol. The molecule has 2 aromatic carbocycles. The number of allylic oxidation sites excluding steroid dienone is 2. The highest BCUT2D eigenvalue weighted by Crippen LogP contribution is 2.65. The van der Waals surface area contributed by atoms with E-state index in [0.717, 1.165) is 26.3 Å². The van der Waals surface area contributed by atoms with E-state index in [4.69, 9.17) is 4.74 Å². The molecule has 1 heterocycles. The van der Waals surface area contributed by atoms with Crippen molar-refractivity contribution in [3.05, 3.63) is 71.3 Å². The van der Waals surface area contributed by atoms with Gasteiger partial charge >= 0.3 is 0 Å². The maximum absolute atomic E-state index is 5.51. The van der Waals surface area contributed by atoms with Crippen molar-refractivity contribution in [3.8, 4) is 0 Å². The topological polar surface area (TPSA) is 12.5 Å². The zero-order chi connectivity index (χ0) is 20.4. The highest BCUT2D eigenvalue weighted by atomic mass is 16.5. The lowest BCUT2D eigenvalue weighted by atomic mass is 9.88. The van der Waals surface area contributed by atoms with E-state index in [1.165, 1.54) is 61.8 Å². The van der Waals surface area contributed by atoms with Crippen LogP contribution in [0.3, 0.4) is 0 Å². The summed E-state index contributed by atoms with van der Waals surface area (Å²) in [6.45, 7) is 5.99. The molecule has 1 saturated carbocycles. The Morgan fingerprint density at radius 3 is 2.57 bits per heavy atom. The summed E-state index contributed by atoms with van der Waals surface area (Å²) in [6, 6.07) is 18.7. The molecule has 0 spiro atoms. The highest BCUT2D eigenvalue weighted by molar-refractivity contribution is 5.72. The van der Waals surface area contributed by atoms with Crippen LogP contribution < -0.4 is 4.90 Å². The lowest BCUT2D eigenvalue weighted by Crippen LogP contribution is -2.36. The number of rotatable bonds is 7. The summed E-state index contributed by atoms with van der Waals surface area (Å²) in [5.41, 5.74) is 7.90. The smallest absolute Gasteiger partial charge is 0.0642 e. The summed E-state index contributed by atoms with van der Waals surface area (Å²) in [5, 5.41) is 0. The van der Waals surface area contributed by atoms with Crippen LogP contribution >= 0.6 is 0 Å². The fraction of sp³-hybridized carbons (Fsp3) is 0.500. The molecule has 3 aliphatic rings. The molecule has 0 amide bonds. The van der Waals surface area contributed by atoms with E-state index in [1.54, 1.807) is 11.1 Å². The fourth-order valence-electron chi connectivity index (χ4n) is 5.69. The summed E-state index contributed by atoms with van der Waals surface area (Å²) in [7, 11) is 0. The number of anilines is 1. The van der Waals surface area contributed by atoms with Crippen LogP contribution in [0.15, 0.2) is 54.6 Å². The zero-order valence-electron chi connectivity index (χ0n) is 18.4. The summed E-state index contributed by atoms with van der Waals surface area (Å²) < 4.78 is 5.51. The second kappa shape index (κ2) is 8.59. The van der Waals surface area contributed by atoms with Gasteiger partial charge in [0.1, 0.15) is 0 Å². The Bertz CT molecular complexity index is 893. The number of benzene rings is 2. The van der Waals surface area contributed by atoms with Crippen LogP contribution in [0.2, 0.25) is 0 Å². The van der Waals surface area contributed by atoms with Crippen LogP contribution in [0.5, 0.6) is 0 Å². The van der Waals surface area contributed by atoms with Gasteiger partial charge in [-0.15, -0.1) is 0 Å². The summed E-state index contributed by atoms with van der Waals surface area (Å²) >= 11 is 0. The number of unbranched alkanes of at least 4 members (excludes halogenated alkanes) is 3. The van der Waals surface area contributed by atoms with Gasteiger partial charge in [0.05, 0.1) is 13.2 Å². The molecule has 2 nitrogen and oxygen atoms in total. The van der Waals surface area contributed by atoms with Gasteiger partial charge < -0.3 is 9.64 Å². The van der Waals surface area contributed by atoms with E-state index in [0.29, 0.717) is 11.3 Å². The van der Waals surface area contributed by atoms with Crippen LogP contribution in [0.4, 0.5) is 5.69 Å². The van der Waals surface area contributed by atoms with E-state index in [-0.39, 0.29) is 0 Å². The molecule has 0 aromatic heterocycles. The Morgan fingerprint density at radius 2 is 1.77 bits per heavy atom. The second-order valence-electron chi connectivity index (χ2n) is 9.39. The Hall–Kier alpha value is -2.06. The number of hydrogen-bond acceptors (Lipinski definition) is 2. The third-order valence-corrected chi connectivity index (χ3v) is 7.59. The first-order valence-electron chi connectivity index (χ1n) is 12.0. The van der Waals surface area contributed by atoms with Gasteiger partial charge in [-0.25, -0.2) is 0 Å². The van der Waals surface area contributed by atoms with E-state index < -0.39 is 0 Å². The van der Waals surface area contributed by atoms with Gasteiger partial charge in [0.2, 0.25) is 0 Å². The molecule has 158 valence electrons. The Kier molecular flexibility index (Phi) is 5.69. The maximum atomic E-state index is 5.51. The minimum absolute atomic E-state index is 0.310. The summed E-state index contributed by atoms with van der Waals surface area (Å²) in [5.74, 6) is 0.673. The molecular formula is C28H35NO. The molecule has 0 radical (unpaired) electrons. The van der Waals surface area contributed by atoms with Crippen LogP contribution in [0, 0.1) is 0 Å². The molecule has 2 atom stereocenters.